The fraction of sp³-hybridized carbons (Fsp3) is 0.118. The van der Waals surface area contributed by atoms with E-state index in [0.717, 1.165) is 28.0 Å². The summed E-state index contributed by atoms with van der Waals surface area (Å²) in [5.41, 5.74) is 1.95. The molecule has 0 amide bonds. The Hall–Kier alpha value is -2.55. The number of hydrogen-bond acceptors (Lipinski definition) is 3. The molecule has 0 spiro atoms. The normalized spacial score (nSPS) is 10.4. The number of aromatic nitrogens is 1. The number of para-hydroxylation sites is 1. The Morgan fingerprint density at radius 3 is 2.75 bits per heavy atom. The van der Waals surface area contributed by atoms with Crippen LogP contribution in [0.25, 0.3) is 10.9 Å². The SMILES string of the molecule is COc1cccc(COc2cccc3cccnc23)c1. The van der Waals surface area contributed by atoms with Crippen molar-refractivity contribution < 1.29 is 9.47 Å². The van der Waals surface area contributed by atoms with Gasteiger partial charge in [-0.25, -0.2) is 0 Å². The van der Waals surface area contributed by atoms with Crippen LogP contribution in [0, 0.1) is 0 Å². The van der Waals surface area contributed by atoms with Crippen LogP contribution in [-0.4, -0.2) is 12.1 Å². The maximum absolute atomic E-state index is 5.89. The first kappa shape index (κ1) is 12.5. The molecule has 20 heavy (non-hydrogen) atoms. The summed E-state index contributed by atoms with van der Waals surface area (Å²) in [6, 6.07) is 17.8. The van der Waals surface area contributed by atoms with Gasteiger partial charge in [-0.1, -0.05) is 30.3 Å². The molecule has 0 aliphatic heterocycles. The van der Waals surface area contributed by atoms with Gasteiger partial charge < -0.3 is 9.47 Å². The van der Waals surface area contributed by atoms with Gasteiger partial charge in [-0.2, -0.15) is 0 Å². The first-order valence-electron chi connectivity index (χ1n) is 6.46. The quantitative estimate of drug-likeness (QED) is 0.718. The molecule has 2 aromatic carbocycles. The highest BCUT2D eigenvalue weighted by atomic mass is 16.5. The average Bonchev–Trinajstić information content (AvgIpc) is 2.53. The predicted molar refractivity (Wildman–Crippen MR) is 79.1 cm³/mol. The molecule has 0 saturated heterocycles. The number of rotatable bonds is 4. The highest BCUT2D eigenvalue weighted by Gasteiger charge is 2.03. The molecule has 0 saturated carbocycles. The zero-order valence-electron chi connectivity index (χ0n) is 11.2. The zero-order valence-corrected chi connectivity index (χ0v) is 11.2. The highest BCUT2D eigenvalue weighted by molar-refractivity contribution is 5.84. The standard InChI is InChI=1S/C17H15NO2/c1-19-15-8-2-5-13(11-15)12-20-16-9-3-6-14-7-4-10-18-17(14)16/h2-11H,12H2,1H3. The van der Waals surface area contributed by atoms with Gasteiger partial charge in [0, 0.05) is 11.6 Å². The minimum Gasteiger partial charge on any atom is -0.497 e. The van der Waals surface area contributed by atoms with Crippen LogP contribution >= 0.6 is 0 Å². The number of ether oxygens (including phenoxy) is 2. The third-order valence-corrected chi connectivity index (χ3v) is 3.12. The van der Waals surface area contributed by atoms with Gasteiger partial charge in [0.1, 0.15) is 23.6 Å². The molecule has 3 nitrogen and oxygen atoms in total. The van der Waals surface area contributed by atoms with E-state index < -0.39 is 0 Å². The van der Waals surface area contributed by atoms with Gasteiger partial charge in [0.2, 0.25) is 0 Å². The zero-order chi connectivity index (χ0) is 13.8. The van der Waals surface area contributed by atoms with E-state index >= 15 is 0 Å². The highest BCUT2D eigenvalue weighted by Crippen LogP contribution is 2.24. The lowest BCUT2D eigenvalue weighted by molar-refractivity contribution is 0.308. The molecule has 100 valence electrons. The topological polar surface area (TPSA) is 31.4 Å². The first-order valence-corrected chi connectivity index (χ1v) is 6.46. The predicted octanol–water partition coefficient (Wildman–Crippen LogP) is 3.82. The van der Waals surface area contributed by atoms with E-state index in [-0.39, 0.29) is 0 Å². The molecule has 0 fully saturated rings. The number of methoxy groups -OCH3 is 1. The van der Waals surface area contributed by atoms with Gasteiger partial charge in [0.15, 0.2) is 0 Å². The van der Waals surface area contributed by atoms with Gasteiger partial charge in [0.05, 0.1) is 7.11 Å². The Balaban J connectivity index is 1.83. The second kappa shape index (κ2) is 5.61. The maximum atomic E-state index is 5.89. The second-order valence-corrected chi connectivity index (χ2v) is 4.47. The number of benzene rings is 2. The van der Waals surface area contributed by atoms with E-state index in [0.29, 0.717) is 6.61 Å². The van der Waals surface area contributed by atoms with Crippen molar-refractivity contribution in [1.29, 1.82) is 0 Å². The van der Waals surface area contributed by atoms with Crippen LogP contribution < -0.4 is 9.47 Å². The Labute approximate surface area is 117 Å². The van der Waals surface area contributed by atoms with Crippen molar-refractivity contribution in [2.75, 3.05) is 7.11 Å². The molecule has 3 heteroatoms. The van der Waals surface area contributed by atoms with Crippen molar-refractivity contribution >= 4 is 10.9 Å². The van der Waals surface area contributed by atoms with Crippen molar-refractivity contribution in [2.24, 2.45) is 0 Å². The van der Waals surface area contributed by atoms with E-state index in [1.165, 1.54) is 0 Å². The van der Waals surface area contributed by atoms with Crippen LogP contribution in [-0.2, 0) is 6.61 Å². The molecule has 0 N–H and O–H groups in total. The molecular formula is C17H15NO2. The van der Waals surface area contributed by atoms with E-state index in [1.807, 2.05) is 54.6 Å². The van der Waals surface area contributed by atoms with Crippen LogP contribution in [0.1, 0.15) is 5.56 Å². The van der Waals surface area contributed by atoms with Crippen molar-refractivity contribution in [1.82, 2.24) is 4.98 Å². The van der Waals surface area contributed by atoms with Crippen molar-refractivity contribution in [3.8, 4) is 11.5 Å². The number of hydrogen-bond donors (Lipinski definition) is 0. The number of pyridine rings is 1. The first-order chi connectivity index (χ1) is 9.86. The van der Waals surface area contributed by atoms with Crippen LogP contribution in [0.2, 0.25) is 0 Å². The monoisotopic (exact) mass is 265 g/mol. The summed E-state index contributed by atoms with van der Waals surface area (Å²) < 4.78 is 11.1. The lowest BCUT2D eigenvalue weighted by atomic mass is 10.2. The largest absolute Gasteiger partial charge is 0.497 e. The summed E-state index contributed by atoms with van der Waals surface area (Å²) in [4.78, 5) is 4.38. The molecule has 3 aromatic rings. The lowest BCUT2D eigenvalue weighted by Crippen LogP contribution is -1.97. The molecule has 0 bridgehead atoms. The smallest absolute Gasteiger partial charge is 0.146 e. The van der Waals surface area contributed by atoms with Crippen LogP contribution in [0.5, 0.6) is 11.5 Å². The molecule has 0 aliphatic carbocycles. The maximum Gasteiger partial charge on any atom is 0.146 e. The molecular weight excluding hydrogens is 250 g/mol. The van der Waals surface area contributed by atoms with Crippen LogP contribution in [0.15, 0.2) is 60.8 Å². The van der Waals surface area contributed by atoms with Gasteiger partial charge >= 0.3 is 0 Å². The third kappa shape index (κ3) is 2.57. The van der Waals surface area contributed by atoms with Crippen molar-refractivity contribution in [3.05, 3.63) is 66.4 Å². The van der Waals surface area contributed by atoms with Crippen molar-refractivity contribution in [2.45, 2.75) is 6.61 Å². The van der Waals surface area contributed by atoms with Gasteiger partial charge in [-0.3, -0.25) is 4.98 Å². The molecule has 0 atom stereocenters. The van der Waals surface area contributed by atoms with Gasteiger partial charge in [0.25, 0.3) is 0 Å². The van der Waals surface area contributed by atoms with E-state index in [2.05, 4.69) is 4.98 Å². The number of nitrogens with zero attached hydrogens (tertiary/aromatic N) is 1. The minimum atomic E-state index is 0.493. The number of fused-ring (bicyclic) bond motifs is 1. The fourth-order valence-corrected chi connectivity index (χ4v) is 2.12. The second-order valence-electron chi connectivity index (χ2n) is 4.47. The molecule has 3 rings (SSSR count). The molecule has 0 aliphatic rings. The molecule has 0 unspecified atom stereocenters. The minimum absolute atomic E-state index is 0.493. The summed E-state index contributed by atoms with van der Waals surface area (Å²) in [7, 11) is 1.66. The third-order valence-electron chi connectivity index (χ3n) is 3.12. The van der Waals surface area contributed by atoms with E-state index in [4.69, 9.17) is 9.47 Å². The van der Waals surface area contributed by atoms with Crippen molar-refractivity contribution in [3.63, 3.8) is 0 Å². The van der Waals surface area contributed by atoms with Gasteiger partial charge in [-0.15, -0.1) is 0 Å². The van der Waals surface area contributed by atoms with E-state index in [1.54, 1.807) is 13.3 Å². The Morgan fingerprint density at radius 2 is 1.85 bits per heavy atom. The molecule has 1 aromatic heterocycles. The molecule has 1 heterocycles. The van der Waals surface area contributed by atoms with Gasteiger partial charge in [-0.05, 0) is 29.8 Å². The van der Waals surface area contributed by atoms with Crippen LogP contribution in [0.4, 0.5) is 0 Å². The summed E-state index contributed by atoms with van der Waals surface area (Å²) in [5.74, 6) is 1.63. The fourth-order valence-electron chi connectivity index (χ4n) is 2.12. The summed E-state index contributed by atoms with van der Waals surface area (Å²) in [5, 5.41) is 1.08. The average molecular weight is 265 g/mol. The molecule has 0 radical (unpaired) electrons. The summed E-state index contributed by atoms with van der Waals surface area (Å²) in [6.45, 7) is 0.493. The van der Waals surface area contributed by atoms with E-state index in [9.17, 15) is 0 Å². The summed E-state index contributed by atoms with van der Waals surface area (Å²) in [6.07, 6.45) is 1.78. The lowest BCUT2D eigenvalue weighted by Gasteiger charge is -2.09. The Kier molecular flexibility index (Phi) is 3.50. The summed E-state index contributed by atoms with van der Waals surface area (Å²) >= 11 is 0. The Bertz CT molecular complexity index is 720. The Morgan fingerprint density at radius 1 is 1.00 bits per heavy atom. The van der Waals surface area contributed by atoms with Crippen LogP contribution in [0.3, 0.4) is 0 Å².